The monoisotopic (exact) mass is 222 g/mol. The first-order chi connectivity index (χ1) is 7.56. The molecule has 16 heavy (non-hydrogen) atoms. The van der Waals surface area contributed by atoms with Gasteiger partial charge in [0.25, 0.3) is 0 Å². The topological polar surface area (TPSA) is 55.1 Å². The van der Waals surface area contributed by atoms with Crippen molar-refractivity contribution in [3.63, 3.8) is 0 Å². The van der Waals surface area contributed by atoms with Crippen LogP contribution < -0.4 is 11.1 Å². The highest BCUT2D eigenvalue weighted by atomic mass is 16.1. The lowest BCUT2D eigenvalue weighted by atomic mass is 9.63. The second-order valence-electron chi connectivity index (χ2n) is 6.44. The van der Waals surface area contributed by atoms with Gasteiger partial charge in [0, 0.05) is 18.5 Å². The number of carbonyl (C=O) groups excluding carboxylic acids is 1. The van der Waals surface area contributed by atoms with Crippen molar-refractivity contribution in [2.75, 3.05) is 0 Å². The van der Waals surface area contributed by atoms with Crippen LogP contribution in [0.2, 0.25) is 0 Å². The van der Waals surface area contributed by atoms with E-state index < -0.39 is 0 Å². The fourth-order valence-corrected chi connectivity index (χ4v) is 4.80. The van der Waals surface area contributed by atoms with E-state index in [4.69, 9.17) is 5.73 Å². The normalized spacial score (nSPS) is 50.1. The summed E-state index contributed by atoms with van der Waals surface area (Å²) in [5, 5.41) is 3.25. The molecule has 0 heterocycles. The van der Waals surface area contributed by atoms with Crippen LogP contribution in [0.15, 0.2) is 0 Å². The second kappa shape index (κ2) is 3.46. The third-order valence-corrected chi connectivity index (χ3v) is 4.97. The van der Waals surface area contributed by atoms with Gasteiger partial charge in [-0.15, -0.1) is 0 Å². The zero-order valence-corrected chi connectivity index (χ0v) is 10.0. The van der Waals surface area contributed by atoms with Gasteiger partial charge in [0.1, 0.15) is 0 Å². The minimum absolute atomic E-state index is 0.108. The molecule has 3 heteroatoms. The summed E-state index contributed by atoms with van der Waals surface area (Å²) in [6, 6.07) is 0.380. The molecule has 5 unspecified atom stereocenters. The van der Waals surface area contributed by atoms with Crippen LogP contribution in [0.3, 0.4) is 0 Å². The molecule has 90 valence electrons. The highest BCUT2D eigenvalue weighted by Crippen LogP contribution is 2.52. The Kier molecular flexibility index (Phi) is 2.29. The Hall–Kier alpha value is -0.570. The van der Waals surface area contributed by atoms with Gasteiger partial charge in [-0.3, -0.25) is 4.79 Å². The predicted molar refractivity (Wildman–Crippen MR) is 62.7 cm³/mol. The van der Waals surface area contributed by atoms with Crippen molar-refractivity contribution in [3.8, 4) is 0 Å². The molecule has 0 aliphatic heterocycles. The van der Waals surface area contributed by atoms with Gasteiger partial charge >= 0.3 is 0 Å². The average molecular weight is 222 g/mol. The summed E-state index contributed by atoms with van der Waals surface area (Å²) in [5.74, 6) is 2.36. The van der Waals surface area contributed by atoms with E-state index in [0.29, 0.717) is 12.0 Å². The lowest BCUT2D eigenvalue weighted by molar-refractivity contribution is -0.122. The smallest absolute Gasteiger partial charge is 0.217 e. The maximum atomic E-state index is 11.4. The van der Waals surface area contributed by atoms with E-state index in [1.54, 1.807) is 6.92 Å². The minimum Gasteiger partial charge on any atom is -0.351 e. The number of nitrogens with one attached hydrogen (secondary N) is 1. The molecule has 4 rings (SSSR count). The molecule has 4 fully saturated rings. The van der Waals surface area contributed by atoms with Crippen LogP contribution in [0.5, 0.6) is 0 Å². The maximum Gasteiger partial charge on any atom is 0.217 e. The molecular formula is C13H22N2O. The largest absolute Gasteiger partial charge is 0.351 e. The maximum absolute atomic E-state index is 11.4. The summed E-state index contributed by atoms with van der Waals surface area (Å²) < 4.78 is 0. The van der Waals surface area contributed by atoms with Gasteiger partial charge in [0.2, 0.25) is 5.91 Å². The third kappa shape index (κ3) is 1.65. The molecule has 3 N–H and O–H groups in total. The minimum atomic E-state index is 0.108. The molecular weight excluding hydrogens is 200 g/mol. The predicted octanol–water partition coefficient (Wildman–Crippen LogP) is 1.42. The number of fused-ring (bicyclic) bond motifs is 1. The van der Waals surface area contributed by atoms with Crippen LogP contribution in [0, 0.1) is 17.8 Å². The van der Waals surface area contributed by atoms with Crippen molar-refractivity contribution in [1.82, 2.24) is 5.32 Å². The summed E-state index contributed by atoms with van der Waals surface area (Å²) in [6.45, 7) is 1.65. The highest BCUT2D eigenvalue weighted by molar-refractivity contribution is 5.73. The average Bonchev–Trinajstić information content (AvgIpc) is 2.27. The Labute approximate surface area is 97.2 Å². The Morgan fingerprint density at radius 1 is 1.19 bits per heavy atom. The van der Waals surface area contributed by atoms with Crippen LogP contribution in [0.4, 0.5) is 0 Å². The molecule has 5 atom stereocenters. The Balaban J connectivity index is 1.89. The molecule has 0 spiro atoms. The summed E-state index contributed by atoms with van der Waals surface area (Å²) in [5.41, 5.74) is 6.39. The van der Waals surface area contributed by atoms with E-state index >= 15 is 0 Å². The molecule has 3 nitrogen and oxygen atoms in total. The van der Waals surface area contributed by atoms with E-state index in [1.165, 1.54) is 32.1 Å². The van der Waals surface area contributed by atoms with Crippen LogP contribution in [-0.2, 0) is 4.79 Å². The number of rotatable bonds is 1. The number of hydrogen-bond donors (Lipinski definition) is 2. The number of hydrogen-bond acceptors (Lipinski definition) is 2. The van der Waals surface area contributed by atoms with Gasteiger partial charge in [-0.2, -0.15) is 0 Å². The van der Waals surface area contributed by atoms with Crippen molar-refractivity contribution in [2.24, 2.45) is 23.5 Å². The summed E-state index contributed by atoms with van der Waals surface area (Å²) >= 11 is 0. The molecule has 4 saturated carbocycles. The van der Waals surface area contributed by atoms with E-state index in [2.05, 4.69) is 5.32 Å². The molecule has 4 bridgehead atoms. The summed E-state index contributed by atoms with van der Waals surface area (Å²) in [6.07, 6.45) is 7.34. The Morgan fingerprint density at radius 2 is 1.88 bits per heavy atom. The van der Waals surface area contributed by atoms with Crippen LogP contribution >= 0.6 is 0 Å². The molecule has 0 saturated heterocycles. The van der Waals surface area contributed by atoms with Gasteiger partial charge in [-0.1, -0.05) is 0 Å². The van der Waals surface area contributed by atoms with E-state index in [1.807, 2.05) is 0 Å². The van der Waals surface area contributed by atoms with Gasteiger partial charge in [0.15, 0.2) is 0 Å². The van der Waals surface area contributed by atoms with Crippen molar-refractivity contribution in [1.29, 1.82) is 0 Å². The number of nitrogens with two attached hydrogens (primary N) is 1. The summed E-state index contributed by atoms with van der Waals surface area (Å²) in [4.78, 5) is 11.4. The van der Waals surface area contributed by atoms with E-state index in [9.17, 15) is 4.79 Å². The van der Waals surface area contributed by atoms with E-state index in [-0.39, 0.29) is 11.4 Å². The highest BCUT2D eigenvalue weighted by Gasteiger charge is 2.50. The second-order valence-corrected chi connectivity index (χ2v) is 6.44. The van der Waals surface area contributed by atoms with Crippen LogP contribution in [-0.4, -0.2) is 17.5 Å². The number of carbonyl (C=O) groups is 1. The molecule has 4 aliphatic rings. The van der Waals surface area contributed by atoms with Crippen molar-refractivity contribution in [2.45, 2.75) is 57.0 Å². The lowest BCUT2D eigenvalue weighted by Crippen LogP contribution is -2.55. The standard InChI is InChI=1S/C13H22N2O/c1-8(16)15-13-5-9-2-10(6-13)4-12(14)11(3-9)7-13/h9-12H,2-7,14H2,1H3,(H,15,16). The fraction of sp³-hybridized carbons (Fsp3) is 0.923. The molecule has 0 aromatic heterocycles. The summed E-state index contributed by atoms with van der Waals surface area (Å²) in [7, 11) is 0. The fourth-order valence-electron chi connectivity index (χ4n) is 4.80. The van der Waals surface area contributed by atoms with Crippen molar-refractivity contribution < 1.29 is 4.79 Å². The Morgan fingerprint density at radius 3 is 2.56 bits per heavy atom. The molecule has 1 amide bonds. The third-order valence-electron chi connectivity index (χ3n) is 4.97. The van der Waals surface area contributed by atoms with Crippen molar-refractivity contribution in [3.05, 3.63) is 0 Å². The molecule has 0 radical (unpaired) electrons. The molecule has 4 aliphatic carbocycles. The van der Waals surface area contributed by atoms with E-state index in [0.717, 1.165) is 18.3 Å². The van der Waals surface area contributed by atoms with Gasteiger partial charge in [-0.05, 0) is 56.3 Å². The molecule has 0 aromatic carbocycles. The zero-order valence-electron chi connectivity index (χ0n) is 10.0. The lowest BCUT2D eigenvalue weighted by Gasteiger charge is -2.48. The van der Waals surface area contributed by atoms with Crippen LogP contribution in [0.25, 0.3) is 0 Å². The van der Waals surface area contributed by atoms with Gasteiger partial charge in [0.05, 0.1) is 0 Å². The quantitative estimate of drug-likeness (QED) is 0.705. The number of amides is 1. The molecule has 0 aromatic rings. The first-order valence-electron chi connectivity index (χ1n) is 6.61. The first-order valence-corrected chi connectivity index (χ1v) is 6.61. The SMILES string of the molecule is CC(=O)NC12CC3CC(CC(C1)C(N)C3)C2. The van der Waals surface area contributed by atoms with Gasteiger partial charge in [-0.25, -0.2) is 0 Å². The first kappa shape index (κ1) is 10.6. The zero-order chi connectivity index (χ0) is 11.3. The Bertz CT molecular complexity index is 317. The van der Waals surface area contributed by atoms with Crippen molar-refractivity contribution >= 4 is 5.91 Å². The van der Waals surface area contributed by atoms with Crippen LogP contribution in [0.1, 0.15) is 45.4 Å². The van der Waals surface area contributed by atoms with Gasteiger partial charge < -0.3 is 11.1 Å².